The lowest BCUT2D eigenvalue weighted by atomic mass is 10.1. The highest BCUT2D eigenvalue weighted by molar-refractivity contribution is 7.10. The molecule has 0 saturated heterocycles. The van der Waals surface area contributed by atoms with Crippen molar-refractivity contribution in [3.63, 3.8) is 0 Å². The van der Waals surface area contributed by atoms with Crippen molar-refractivity contribution in [3.05, 3.63) is 58.5 Å². The van der Waals surface area contributed by atoms with Crippen molar-refractivity contribution in [2.75, 3.05) is 0 Å². The van der Waals surface area contributed by atoms with Crippen molar-refractivity contribution < 1.29 is 4.79 Å². The first kappa shape index (κ1) is 15.4. The van der Waals surface area contributed by atoms with E-state index in [9.17, 15) is 4.79 Å². The maximum Gasteiger partial charge on any atom is 0.269 e. The largest absolute Gasteiger partial charge is 0.343 e. The summed E-state index contributed by atoms with van der Waals surface area (Å²) in [4.78, 5) is 17.9. The highest BCUT2D eigenvalue weighted by Gasteiger charge is 2.18. The molecule has 0 radical (unpaired) electrons. The maximum atomic E-state index is 12.5. The van der Waals surface area contributed by atoms with Crippen LogP contribution in [0.4, 0.5) is 0 Å². The van der Waals surface area contributed by atoms with Crippen molar-refractivity contribution in [1.82, 2.24) is 20.5 Å². The van der Waals surface area contributed by atoms with Gasteiger partial charge in [0, 0.05) is 11.1 Å². The van der Waals surface area contributed by atoms with Crippen molar-refractivity contribution in [3.8, 4) is 11.4 Å². The molecule has 0 aromatic carbocycles. The van der Waals surface area contributed by atoms with Gasteiger partial charge in [-0.3, -0.25) is 14.9 Å². The Hall–Kier alpha value is -2.47. The third-order valence-corrected chi connectivity index (χ3v) is 4.51. The molecule has 3 rings (SSSR count). The van der Waals surface area contributed by atoms with E-state index in [1.165, 1.54) is 4.88 Å². The first-order valence-electron chi connectivity index (χ1n) is 7.59. The molecule has 118 valence electrons. The molecule has 1 atom stereocenters. The molecular weight excluding hydrogens is 308 g/mol. The molecule has 0 aliphatic carbocycles. The second-order valence-corrected chi connectivity index (χ2v) is 6.19. The van der Waals surface area contributed by atoms with Crippen LogP contribution in [-0.4, -0.2) is 21.1 Å². The number of amides is 1. The summed E-state index contributed by atoms with van der Waals surface area (Å²) < 4.78 is 0. The van der Waals surface area contributed by atoms with Crippen LogP contribution in [0.25, 0.3) is 11.4 Å². The fourth-order valence-electron chi connectivity index (χ4n) is 2.38. The molecule has 0 aliphatic rings. The molecular formula is C17H18N4OS. The van der Waals surface area contributed by atoms with E-state index in [0.717, 1.165) is 18.5 Å². The van der Waals surface area contributed by atoms with E-state index < -0.39 is 0 Å². The van der Waals surface area contributed by atoms with E-state index in [0.29, 0.717) is 11.4 Å². The minimum absolute atomic E-state index is 0.0362. The van der Waals surface area contributed by atoms with Gasteiger partial charge in [0.1, 0.15) is 11.4 Å². The lowest BCUT2D eigenvalue weighted by molar-refractivity contribution is 0.0930. The van der Waals surface area contributed by atoms with Gasteiger partial charge in [0.2, 0.25) is 0 Å². The van der Waals surface area contributed by atoms with Crippen LogP contribution in [-0.2, 0) is 0 Å². The number of H-pyrrole nitrogens is 1. The van der Waals surface area contributed by atoms with E-state index in [-0.39, 0.29) is 11.9 Å². The molecule has 0 aliphatic heterocycles. The van der Waals surface area contributed by atoms with E-state index in [1.807, 2.05) is 29.6 Å². The summed E-state index contributed by atoms with van der Waals surface area (Å²) >= 11 is 1.66. The second-order valence-electron chi connectivity index (χ2n) is 5.21. The van der Waals surface area contributed by atoms with Gasteiger partial charge in [-0.05, 0) is 36.1 Å². The monoisotopic (exact) mass is 326 g/mol. The minimum atomic E-state index is -0.147. The van der Waals surface area contributed by atoms with Gasteiger partial charge < -0.3 is 5.32 Å². The molecule has 2 N–H and O–H groups in total. The Bertz CT molecular complexity index is 752. The normalized spacial score (nSPS) is 12.0. The van der Waals surface area contributed by atoms with Gasteiger partial charge in [0.05, 0.1) is 11.7 Å². The summed E-state index contributed by atoms with van der Waals surface area (Å²) in [6.45, 7) is 2.11. The fourth-order valence-corrected chi connectivity index (χ4v) is 3.20. The minimum Gasteiger partial charge on any atom is -0.343 e. The summed E-state index contributed by atoms with van der Waals surface area (Å²) in [5.74, 6) is -0.147. The van der Waals surface area contributed by atoms with Crippen LogP contribution in [0.3, 0.4) is 0 Å². The summed E-state index contributed by atoms with van der Waals surface area (Å²) in [5.41, 5.74) is 1.85. The maximum absolute atomic E-state index is 12.5. The Kier molecular flexibility index (Phi) is 4.83. The lowest BCUT2D eigenvalue weighted by Gasteiger charge is -2.15. The molecule has 0 bridgehead atoms. The first-order chi connectivity index (χ1) is 11.3. The molecule has 3 heterocycles. The Balaban J connectivity index is 1.74. The highest BCUT2D eigenvalue weighted by atomic mass is 32.1. The van der Waals surface area contributed by atoms with Gasteiger partial charge in [0.15, 0.2) is 0 Å². The van der Waals surface area contributed by atoms with Crippen molar-refractivity contribution >= 4 is 17.2 Å². The average Bonchev–Trinajstić information content (AvgIpc) is 3.27. The predicted octanol–water partition coefficient (Wildman–Crippen LogP) is 3.80. The molecule has 0 fully saturated rings. The van der Waals surface area contributed by atoms with Crippen LogP contribution < -0.4 is 5.32 Å². The lowest BCUT2D eigenvalue weighted by Crippen LogP contribution is -2.28. The number of pyridine rings is 1. The molecule has 1 unspecified atom stereocenters. The summed E-state index contributed by atoms with van der Waals surface area (Å²) in [5, 5.41) is 12.1. The second kappa shape index (κ2) is 7.19. The third-order valence-electron chi connectivity index (χ3n) is 3.52. The van der Waals surface area contributed by atoms with Crippen molar-refractivity contribution in [1.29, 1.82) is 0 Å². The summed E-state index contributed by atoms with van der Waals surface area (Å²) in [6, 6.07) is 11.4. The summed E-state index contributed by atoms with van der Waals surface area (Å²) in [7, 11) is 0. The van der Waals surface area contributed by atoms with E-state index in [4.69, 9.17) is 0 Å². The Labute approximate surface area is 138 Å². The van der Waals surface area contributed by atoms with Crippen molar-refractivity contribution in [2.24, 2.45) is 0 Å². The quantitative estimate of drug-likeness (QED) is 0.723. The number of carbonyl (C=O) groups excluding carboxylic acids is 1. The van der Waals surface area contributed by atoms with Gasteiger partial charge in [-0.25, -0.2) is 0 Å². The number of thiophene rings is 1. The van der Waals surface area contributed by atoms with Crippen LogP contribution in [0, 0.1) is 0 Å². The van der Waals surface area contributed by atoms with Gasteiger partial charge in [0.25, 0.3) is 5.91 Å². The van der Waals surface area contributed by atoms with Gasteiger partial charge in [-0.15, -0.1) is 11.3 Å². The third kappa shape index (κ3) is 3.65. The molecule has 6 heteroatoms. The van der Waals surface area contributed by atoms with E-state index in [1.54, 1.807) is 23.6 Å². The topological polar surface area (TPSA) is 70.7 Å². The predicted molar refractivity (Wildman–Crippen MR) is 91.3 cm³/mol. The molecule has 0 spiro atoms. The number of carbonyl (C=O) groups is 1. The molecule has 0 saturated carbocycles. The zero-order valence-corrected chi connectivity index (χ0v) is 13.6. The number of nitrogens with zero attached hydrogens (tertiary/aromatic N) is 2. The Morgan fingerprint density at radius 2 is 2.22 bits per heavy atom. The van der Waals surface area contributed by atoms with E-state index in [2.05, 4.69) is 33.5 Å². The smallest absolute Gasteiger partial charge is 0.269 e. The van der Waals surface area contributed by atoms with Gasteiger partial charge >= 0.3 is 0 Å². The Morgan fingerprint density at radius 1 is 1.30 bits per heavy atom. The number of aromatic nitrogens is 3. The van der Waals surface area contributed by atoms with E-state index >= 15 is 0 Å². The van der Waals surface area contributed by atoms with Gasteiger partial charge in [-0.2, -0.15) is 5.10 Å². The first-order valence-corrected chi connectivity index (χ1v) is 8.47. The van der Waals surface area contributed by atoms with Crippen LogP contribution in [0.1, 0.15) is 41.2 Å². The molecule has 1 amide bonds. The standard InChI is InChI=1S/C17H18N4OS/c1-2-6-13(16-8-5-10-23-16)19-17(22)15-11-14(20-21-15)12-7-3-4-9-18-12/h3-5,7-11,13H,2,6H2,1H3,(H,19,22)(H,20,21). The molecule has 5 nitrogen and oxygen atoms in total. The number of nitrogens with one attached hydrogen (secondary N) is 2. The highest BCUT2D eigenvalue weighted by Crippen LogP contribution is 2.24. The molecule has 3 aromatic rings. The van der Waals surface area contributed by atoms with Crippen molar-refractivity contribution in [2.45, 2.75) is 25.8 Å². The number of hydrogen-bond acceptors (Lipinski definition) is 4. The number of rotatable bonds is 6. The van der Waals surface area contributed by atoms with Crippen LogP contribution >= 0.6 is 11.3 Å². The zero-order valence-electron chi connectivity index (χ0n) is 12.8. The van der Waals surface area contributed by atoms with Gasteiger partial charge in [-0.1, -0.05) is 25.5 Å². The Morgan fingerprint density at radius 3 is 2.91 bits per heavy atom. The molecule has 23 heavy (non-hydrogen) atoms. The fraction of sp³-hybridized carbons (Fsp3) is 0.235. The zero-order chi connectivity index (χ0) is 16.1. The van der Waals surface area contributed by atoms with Crippen LogP contribution in [0.2, 0.25) is 0 Å². The number of aromatic amines is 1. The SMILES string of the molecule is CCCC(NC(=O)c1cc(-c2ccccn2)n[nH]1)c1cccs1. The average molecular weight is 326 g/mol. The molecule has 3 aromatic heterocycles. The summed E-state index contributed by atoms with van der Waals surface area (Å²) in [6.07, 6.45) is 3.62. The number of hydrogen-bond donors (Lipinski definition) is 2. The van der Waals surface area contributed by atoms with Crippen LogP contribution in [0.15, 0.2) is 48.0 Å². The van der Waals surface area contributed by atoms with Crippen LogP contribution in [0.5, 0.6) is 0 Å².